The van der Waals surface area contributed by atoms with E-state index in [0.29, 0.717) is 43.5 Å². The standard InChI is InChI=1S/C30H35ClF2O4S/c31-23-6-9-25(10-7-23)38(36,37)30(26-22-24(32)8-11-27(26)33)18-16-29(17-19-30,15-5-21-35)28(14-4-20-34)12-2-1-3-13-28/h6-11,20-22H,1-5,12-19H2. The molecule has 2 aliphatic rings. The van der Waals surface area contributed by atoms with Crippen molar-refractivity contribution in [2.75, 3.05) is 0 Å². The number of hydrogen-bond donors (Lipinski definition) is 0. The fraction of sp³-hybridized carbons (Fsp3) is 0.533. The zero-order valence-electron chi connectivity index (χ0n) is 21.6. The summed E-state index contributed by atoms with van der Waals surface area (Å²) >= 11 is 6.02. The predicted octanol–water partition coefficient (Wildman–Crippen LogP) is 7.76. The van der Waals surface area contributed by atoms with E-state index in [1.807, 2.05) is 0 Å². The third-order valence-corrected chi connectivity index (χ3v) is 12.3. The summed E-state index contributed by atoms with van der Waals surface area (Å²) in [4.78, 5) is 23.0. The van der Waals surface area contributed by atoms with Crippen LogP contribution in [0.1, 0.15) is 89.0 Å². The quantitative estimate of drug-likeness (QED) is 0.277. The van der Waals surface area contributed by atoms with Crippen LogP contribution < -0.4 is 0 Å². The monoisotopic (exact) mass is 564 g/mol. The number of sulfone groups is 1. The fourth-order valence-corrected chi connectivity index (χ4v) is 9.75. The molecular weight excluding hydrogens is 530 g/mol. The van der Waals surface area contributed by atoms with Crippen LogP contribution in [0.2, 0.25) is 5.02 Å². The molecule has 0 spiro atoms. The molecule has 2 saturated carbocycles. The molecule has 206 valence electrons. The highest BCUT2D eigenvalue weighted by Crippen LogP contribution is 2.64. The Kier molecular flexibility index (Phi) is 8.78. The Morgan fingerprint density at radius 2 is 1.32 bits per heavy atom. The van der Waals surface area contributed by atoms with Crippen LogP contribution >= 0.6 is 11.6 Å². The third-order valence-electron chi connectivity index (χ3n) is 9.49. The lowest BCUT2D eigenvalue weighted by molar-refractivity contribution is -0.113. The molecular formula is C30H35ClF2O4S. The van der Waals surface area contributed by atoms with Gasteiger partial charge in [0.15, 0.2) is 9.84 Å². The van der Waals surface area contributed by atoms with Gasteiger partial charge < -0.3 is 9.59 Å². The van der Waals surface area contributed by atoms with Crippen molar-refractivity contribution in [2.45, 2.75) is 93.1 Å². The smallest absolute Gasteiger partial charge is 0.188 e. The maximum absolute atomic E-state index is 15.4. The Morgan fingerprint density at radius 3 is 1.87 bits per heavy atom. The van der Waals surface area contributed by atoms with Gasteiger partial charge in [0.05, 0.1) is 4.90 Å². The number of hydrogen-bond acceptors (Lipinski definition) is 4. The van der Waals surface area contributed by atoms with Crippen molar-refractivity contribution in [3.8, 4) is 0 Å². The lowest BCUT2D eigenvalue weighted by atomic mass is 9.48. The van der Waals surface area contributed by atoms with Crippen LogP contribution in [0.25, 0.3) is 0 Å². The first kappa shape index (κ1) is 28.9. The second-order valence-electron chi connectivity index (χ2n) is 11.1. The van der Waals surface area contributed by atoms with Gasteiger partial charge in [-0.15, -0.1) is 0 Å². The van der Waals surface area contributed by atoms with Gasteiger partial charge in [-0.05, 0) is 105 Å². The van der Waals surface area contributed by atoms with Crippen LogP contribution in [0, 0.1) is 22.5 Å². The topological polar surface area (TPSA) is 68.3 Å². The van der Waals surface area contributed by atoms with Crippen molar-refractivity contribution < 1.29 is 26.8 Å². The van der Waals surface area contributed by atoms with Gasteiger partial charge in [0.2, 0.25) is 0 Å². The summed E-state index contributed by atoms with van der Waals surface area (Å²) in [7, 11) is -4.16. The van der Waals surface area contributed by atoms with Gasteiger partial charge >= 0.3 is 0 Å². The largest absolute Gasteiger partial charge is 0.303 e. The van der Waals surface area contributed by atoms with Crippen molar-refractivity contribution in [3.63, 3.8) is 0 Å². The van der Waals surface area contributed by atoms with Crippen LogP contribution in [0.15, 0.2) is 47.4 Å². The van der Waals surface area contributed by atoms with E-state index < -0.39 is 26.2 Å². The predicted molar refractivity (Wildman–Crippen MR) is 144 cm³/mol. The molecule has 0 radical (unpaired) electrons. The first-order valence-corrected chi connectivity index (χ1v) is 15.3. The van der Waals surface area contributed by atoms with Gasteiger partial charge in [-0.1, -0.05) is 30.9 Å². The molecule has 2 aromatic rings. The molecule has 0 N–H and O–H groups in total. The van der Waals surface area contributed by atoms with E-state index in [0.717, 1.165) is 62.9 Å². The molecule has 2 fully saturated rings. The van der Waals surface area contributed by atoms with E-state index in [2.05, 4.69) is 0 Å². The van der Waals surface area contributed by atoms with E-state index in [1.165, 1.54) is 24.3 Å². The molecule has 2 aliphatic carbocycles. The Labute approximate surface area is 229 Å². The van der Waals surface area contributed by atoms with Crippen molar-refractivity contribution in [2.24, 2.45) is 10.8 Å². The summed E-state index contributed by atoms with van der Waals surface area (Å²) in [5, 5.41) is 0.376. The highest BCUT2D eigenvalue weighted by atomic mass is 35.5. The molecule has 4 nitrogen and oxygen atoms in total. The second-order valence-corrected chi connectivity index (χ2v) is 13.8. The molecule has 0 amide bonds. The molecule has 8 heteroatoms. The van der Waals surface area contributed by atoms with Gasteiger partial charge in [0, 0.05) is 23.4 Å². The zero-order valence-corrected chi connectivity index (χ0v) is 23.1. The molecule has 0 atom stereocenters. The summed E-state index contributed by atoms with van der Waals surface area (Å²) in [6.07, 6.45) is 9.96. The fourth-order valence-electron chi connectivity index (χ4n) is 7.49. The highest BCUT2D eigenvalue weighted by Gasteiger charge is 2.58. The molecule has 4 rings (SSSR count). The normalized spacial score (nSPS) is 25.6. The Morgan fingerprint density at radius 1 is 0.763 bits per heavy atom. The SMILES string of the molecule is O=CCCC1(C2(CCC=O)CCC(c3cc(F)ccc3F)(S(=O)(=O)c3ccc(Cl)cc3)CC2)CCCCC1. The number of carbonyl (C=O) groups excluding carboxylic acids is 2. The molecule has 0 bridgehead atoms. The minimum atomic E-state index is -4.16. The first-order valence-electron chi connectivity index (χ1n) is 13.5. The van der Waals surface area contributed by atoms with Gasteiger partial charge in [0.25, 0.3) is 0 Å². The van der Waals surface area contributed by atoms with E-state index in [9.17, 15) is 22.4 Å². The van der Waals surface area contributed by atoms with Crippen molar-refractivity contribution in [1.82, 2.24) is 0 Å². The average Bonchev–Trinajstić information content (AvgIpc) is 2.93. The average molecular weight is 565 g/mol. The van der Waals surface area contributed by atoms with Gasteiger partial charge in [-0.3, -0.25) is 0 Å². The minimum absolute atomic E-state index is 0.0132. The minimum Gasteiger partial charge on any atom is -0.303 e. The number of aldehydes is 2. The van der Waals surface area contributed by atoms with Crippen LogP contribution in [0.4, 0.5) is 8.78 Å². The van der Waals surface area contributed by atoms with Crippen molar-refractivity contribution >= 4 is 34.0 Å². The van der Waals surface area contributed by atoms with Gasteiger partial charge in [-0.2, -0.15) is 0 Å². The third kappa shape index (κ3) is 5.08. The van der Waals surface area contributed by atoms with E-state index in [-0.39, 0.29) is 34.1 Å². The molecule has 0 saturated heterocycles. The van der Waals surface area contributed by atoms with Gasteiger partial charge in [-0.25, -0.2) is 17.2 Å². The van der Waals surface area contributed by atoms with Crippen LogP contribution in [0.5, 0.6) is 0 Å². The summed E-state index contributed by atoms with van der Waals surface area (Å²) in [5.41, 5.74) is -0.701. The number of carbonyl (C=O) groups is 2. The van der Waals surface area contributed by atoms with Crippen molar-refractivity contribution in [3.05, 3.63) is 64.7 Å². The van der Waals surface area contributed by atoms with Crippen LogP contribution in [-0.4, -0.2) is 21.0 Å². The summed E-state index contributed by atoms with van der Waals surface area (Å²) < 4.78 is 56.8. The molecule has 0 aromatic heterocycles. The summed E-state index contributed by atoms with van der Waals surface area (Å²) in [6.45, 7) is 0. The Hall–Kier alpha value is -2.12. The highest BCUT2D eigenvalue weighted by molar-refractivity contribution is 7.92. The van der Waals surface area contributed by atoms with E-state index in [4.69, 9.17) is 11.6 Å². The summed E-state index contributed by atoms with van der Waals surface area (Å²) in [6, 6.07) is 8.80. The van der Waals surface area contributed by atoms with E-state index >= 15 is 4.39 Å². The van der Waals surface area contributed by atoms with Gasteiger partial charge in [0.1, 0.15) is 29.0 Å². The zero-order chi connectivity index (χ0) is 27.4. The van der Waals surface area contributed by atoms with Crippen LogP contribution in [0.3, 0.4) is 0 Å². The number of halogens is 3. The number of benzene rings is 2. The molecule has 0 heterocycles. The number of rotatable bonds is 10. The summed E-state index contributed by atoms with van der Waals surface area (Å²) in [5.74, 6) is -1.45. The Balaban J connectivity index is 1.84. The second kappa shape index (κ2) is 11.5. The Bertz CT molecular complexity index is 1250. The molecule has 0 aliphatic heterocycles. The molecule has 0 unspecified atom stereocenters. The van der Waals surface area contributed by atoms with Crippen molar-refractivity contribution in [1.29, 1.82) is 0 Å². The molecule has 38 heavy (non-hydrogen) atoms. The maximum Gasteiger partial charge on any atom is 0.188 e. The lowest BCUT2D eigenvalue weighted by Gasteiger charge is -2.58. The lowest BCUT2D eigenvalue weighted by Crippen LogP contribution is -2.51. The van der Waals surface area contributed by atoms with Crippen LogP contribution in [-0.2, 0) is 24.2 Å². The van der Waals surface area contributed by atoms with E-state index in [1.54, 1.807) is 0 Å². The maximum atomic E-state index is 15.4. The first-order chi connectivity index (χ1) is 18.2. The molecule has 2 aromatic carbocycles.